The molecule has 0 spiro atoms. The predicted octanol–water partition coefficient (Wildman–Crippen LogP) is 3.48. The van der Waals surface area contributed by atoms with Crippen LogP contribution in [0.5, 0.6) is 5.75 Å². The first-order chi connectivity index (χ1) is 12.5. The fraction of sp³-hybridized carbons (Fsp3) is 0.500. The van der Waals surface area contributed by atoms with Crippen molar-refractivity contribution in [2.24, 2.45) is 0 Å². The molecule has 1 unspecified atom stereocenters. The van der Waals surface area contributed by atoms with E-state index in [1.165, 1.54) is 6.07 Å². The molecule has 140 valence electrons. The van der Waals surface area contributed by atoms with Gasteiger partial charge in [0.05, 0.1) is 0 Å². The van der Waals surface area contributed by atoms with Crippen molar-refractivity contribution in [3.63, 3.8) is 0 Å². The van der Waals surface area contributed by atoms with Crippen molar-refractivity contribution in [2.45, 2.75) is 45.3 Å². The molecule has 1 fully saturated rings. The lowest BCUT2D eigenvalue weighted by molar-refractivity contribution is -0.138. The second-order valence-corrected chi connectivity index (χ2v) is 7.88. The Hall–Kier alpha value is -1.95. The van der Waals surface area contributed by atoms with Crippen LogP contribution in [0.25, 0.3) is 11.0 Å². The zero-order valence-corrected chi connectivity index (χ0v) is 16.3. The third-order valence-corrected chi connectivity index (χ3v) is 5.98. The molecule has 26 heavy (non-hydrogen) atoms. The van der Waals surface area contributed by atoms with Gasteiger partial charge in [0.2, 0.25) is 0 Å². The molecule has 0 radical (unpaired) electrons. The first-order valence-corrected chi connectivity index (χ1v) is 10.2. The van der Waals surface area contributed by atoms with Gasteiger partial charge in [-0.2, -0.15) is 11.8 Å². The molecule has 0 aliphatic carbocycles. The van der Waals surface area contributed by atoms with Crippen LogP contribution in [0.3, 0.4) is 0 Å². The summed E-state index contributed by atoms with van der Waals surface area (Å²) in [6, 6.07) is 7.20. The fourth-order valence-electron chi connectivity index (χ4n) is 3.37. The molecule has 0 bridgehead atoms. The van der Waals surface area contributed by atoms with Crippen LogP contribution in [0.1, 0.15) is 32.3 Å². The van der Waals surface area contributed by atoms with Gasteiger partial charge in [-0.25, -0.2) is 4.79 Å². The summed E-state index contributed by atoms with van der Waals surface area (Å²) >= 11 is 1.94. The Balaban J connectivity index is 1.75. The smallest absolute Gasteiger partial charge is 0.336 e. The summed E-state index contributed by atoms with van der Waals surface area (Å²) in [6.07, 6.45) is 2.22. The van der Waals surface area contributed by atoms with Gasteiger partial charge in [0.15, 0.2) is 6.10 Å². The Morgan fingerprint density at radius 2 is 2.08 bits per heavy atom. The second-order valence-electron chi connectivity index (χ2n) is 6.65. The van der Waals surface area contributed by atoms with Crippen LogP contribution in [0.2, 0.25) is 0 Å². The molecule has 1 aliphatic rings. The third kappa shape index (κ3) is 4.06. The first kappa shape index (κ1) is 18.8. The minimum absolute atomic E-state index is 0.0224. The molecule has 1 amide bonds. The summed E-state index contributed by atoms with van der Waals surface area (Å²) in [4.78, 5) is 26.2. The maximum Gasteiger partial charge on any atom is 0.336 e. The van der Waals surface area contributed by atoms with Crippen LogP contribution in [0, 0.1) is 0 Å². The van der Waals surface area contributed by atoms with Crippen molar-refractivity contribution in [2.75, 3.05) is 18.6 Å². The van der Waals surface area contributed by atoms with Crippen molar-refractivity contribution in [3.05, 3.63) is 40.2 Å². The van der Waals surface area contributed by atoms with Gasteiger partial charge in [-0.1, -0.05) is 6.92 Å². The van der Waals surface area contributed by atoms with Crippen LogP contribution >= 0.6 is 11.8 Å². The molecule has 1 saturated heterocycles. The molecular weight excluding hydrogens is 350 g/mol. The first-order valence-electron chi connectivity index (χ1n) is 9.07. The van der Waals surface area contributed by atoms with Gasteiger partial charge in [0.25, 0.3) is 5.91 Å². The lowest BCUT2D eigenvalue weighted by Gasteiger charge is -2.32. The monoisotopic (exact) mass is 375 g/mol. The molecule has 1 atom stereocenters. The van der Waals surface area contributed by atoms with E-state index in [4.69, 9.17) is 9.15 Å². The Labute approximate surface area is 157 Å². The molecule has 5 nitrogen and oxygen atoms in total. The van der Waals surface area contributed by atoms with E-state index in [9.17, 15) is 9.59 Å². The zero-order chi connectivity index (χ0) is 18.7. The average molecular weight is 375 g/mol. The summed E-state index contributed by atoms with van der Waals surface area (Å²) in [5, 5.41) is 0.898. The third-order valence-electron chi connectivity index (χ3n) is 4.93. The molecule has 3 rings (SSSR count). The van der Waals surface area contributed by atoms with E-state index >= 15 is 0 Å². The number of rotatable bonds is 5. The minimum atomic E-state index is -0.590. The molecule has 0 N–H and O–H groups in total. The predicted molar refractivity (Wildman–Crippen MR) is 105 cm³/mol. The number of carbonyl (C=O) groups is 1. The summed E-state index contributed by atoms with van der Waals surface area (Å²) < 4.78 is 11.1. The van der Waals surface area contributed by atoms with Gasteiger partial charge in [0.1, 0.15) is 11.3 Å². The normalized spacial score (nSPS) is 16.4. The number of hydrogen-bond donors (Lipinski definition) is 0. The summed E-state index contributed by atoms with van der Waals surface area (Å²) in [6.45, 7) is 3.76. The molecule has 1 aliphatic heterocycles. The Bertz CT molecular complexity index is 841. The highest BCUT2D eigenvalue weighted by Gasteiger charge is 2.26. The zero-order valence-electron chi connectivity index (χ0n) is 15.5. The molecule has 6 heteroatoms. The van der Waals surface area contributed by atoms with E-state index in [0.29, 0.717) is 11.3 Å². The van der Waals surface area contributed by atoms with Crippen LogP contribution < -0.4 is 10.4 Å². The quantitative estimate of drug-likeness (QED) is 0.749. The fourth-order valence-corrected chi connectivity index (χ4v) is 4.45. The van der Waals surface area contributed by atoms with E-state index in [0.717, 1.165) is 41.7 Å². The number of benzene rings is 1. The van der Waals surface area contributed by atoms with Gasteiger partial charge >= 0.3 is 5.63 Å². The van der Waals surface area contributed by atoms with Crippen LogP contribution in [0.4, 0.5) is 0 Å². The highest BCUT2D eigenvalue weighted by Crippen LogP contribution is 2.25. The van der Waals surface area contributed by atoms with Crippen molar-refractivity contribution in [3.8, 4) is 5.75 Å². The Morgan fingerprint density at radius 3 is 2.77 bits per heavy atom. The minimum Gasteiger partial charge on any atom is -0.481 e. The van der Waals surface area contributed by atoms with E-state index in [1.54, 1.807) is 13.0 Å². The van der Waals surface area contributed by atoms with Crippen molar-refractivity contribution in [1.29, 1.82) is 0 Å². The van der Waals surface area contributed by atoms with Gasteiger partial charge < -0.3 is 14.1 Å². The van der Waals surface area contributed by atoms with Gasteiger partial charge in [-0.3, -0.25) is 4.79 Å². The molecule has 1 aromatic carbocycles. The topological polar surface area (TPSA) is 59.8 Å². The van der Waals surface area contributed by atoms with E-state index in [1.807, 2.05) is 42.8 Å². The number of fused-ring (bicyclic) bond motifs is 1. The number of carbonyl (C=O) groups excluding carboxylic acids is 1. The van der Waals surface area contributed by atoms with Gasteiger partial charge in [-0.15, -0.1) is 0 Å². The number of aryl methyl sites for hydroxylation is 1. The summed E-state index contributed by atoms with van der Waals surface area (Å²) in [7, 11) is 1.86. The number of thioether (sulfide) groups is 1. The number of likely N-dealkylation sites (N-methyl/N-ethyl adjacent to an activating group) is 1. The van der Waals surface area contributed by atoms with Crippen molar-refractivity contribution in [1.82, 2.24) is 4.90 Å². The molecule has 1 aromatic heterocycles. The summed E-state index contributed by atoms with van der Waals surface area (Å²) in [5.41, 5.74) is 1.07. The van der Waals surface area contributed by atoms with E-state index < -0.39 is 6.10 Å². The number of hydrogen-bond acceptors (Lipinski definition) is 5. The standard InChI is InChI=1S/C20H25NO4S/c1-4-14-11-19(22)25-18-12-16(5-6-17(14)18)24-13(2)20(23)21(3)15-7-9-26-10-8-15/h5-6,11-13,15H,4,7-10H2,1-3H3. The highest BCUT2D eigenvalue weighted by atomic mass is 32.2. The lowest BCUT2D eigenvalue weighted by atomic mass is 10.1. The van der Waals surface area contributed by atoms with Crippen LogP contribution in [0.15, 0.2) is 33.5 Å². The molecular formula is C20H25NO4S. The van der Waals surface area contributed by atoms with Crippen LogP contribution in [-0.2, 0) is 11.2 Å². The van der Waals surface area contributed by atoms with Crippen molar-refractivity contribution >= 4 is 28.6 Å². The Morgan fingerprint density at radius 1 is 1.35 bits per heavy atom. The number of amides is 1. The van der Waals surface area contributed by atoms with Crippen molar-refractivity contribution < 1.29 is 13.9 Å². The molecule has 0 saturated carbocycles. The maximum absolute atomic E-state index is 12.7. The van der Waals surface area contributed by atoms with E-state index in [-0.39, 0.29) is 17.6 Å². The lowest BCUT2D eigenvalue weighted by Crippen LogP contribution is -2.45. The second kappa shape index (κ2) is 8.16. The molecule has 2 heterocycles. The largest absolute Gasteiger partial charge is 0.481 e. The number of ether oxygens (including phenoxy) is 1. The highest BCUT2D eigenvalue weighted by molar-refractivity contribution is 7.99. The number of nitrogens with zero attached hydrogens (tertiary/aromatic N) is 1. The van der Waals surface area contributed by atoms with E-state index in [2.05, 4.69) is 0 Å². The summed E-state index contributed by atoms with van der Waals surface area (Å²) in [5.74, 6) is 2.70. The average Bonchev–Trinajstić information content (AvgIpc) is 2.66. The SMILES string of the molecule is CCc1cc(=O)oc2cc(OC(C)C(=O)N(C)C3CCSCC3)ccc12. The van der Waals surface area contributed by atoms with Gasteiger partial charge in [0, 0.05) is 30.6 Å². The maximum atomic E-state index is 12.7. The van der Waals surface area contributed by atoms with Gasteiger partial charge in [-0.05, 0) is 55.4 Å². The Kier molecular flexibility index (Phi) is 5.91. The van der Waals surface area contributed by atoms with Crippen LogP contribution in [-0.4, -0.2) is 41.5 Å². The molecule has 2 aromatic rings.